The van der Waals surface area contributed by atoms with Crippen LogP contribution in [0.4, 0.5) is 28.8 Å². The minimum atomic E-state index is -1.03. The Balaban J connectivity index is 1.16. The third-order valence-electron chi connectivity index (χ3n) is 6.49. The standard InChI is InChI=1S/C26H29N13O3/c27-14-5-8-17(16(11-14)23-36-38-39-37-23)30-9-1-2-19(25(41)42)33-18-7-4-13(10-20(18)40)3-6-15-12-31-24-21(32-15)22(28)34-26(29)35-24/h4-5,7-8,10-12,19,30,33,40H,1-3,6,9,27H2,(H,41,42)(H,36,37,38,39)(H4,28,29,31,34,35)/t19-/m0/s1. The van der Waals surface area contributed by atoms with E-state index in [1.807, 2.05) is 12.1 Å². The highest BCUT2D eigenvalue weighted by Gasteiger charge is 2.19. The first-order valence-corrected chi connectivity index (χ1v) is 13.0. The second-order valence-corrected chi connectivity index (χ2v) is 9.51. The zero-order valence-corrected chi connectivity index (χ0v) is 22.3. The number of phenolic OH excluding ortho intramolecular Hbond substituents is 1. The van der Waals surface area contributed by atoms with Crippen molar-refractivity contribution in [2.75, 3.05) is 34.4 Å². The Hall–Kier alpha value is -5.80. The van der Waals surface area contributed by atoms with Crippen LogP contribution in [-0.2, 0) is 17.6 Å². The van der Waals surface area contributed by atoms with E-state index in [4.69, 9.17) is 17.2 Å². The van der Waals surface area contributed by atoms with Gasteiger partial charge in [-0.3, -0.25) is 0 Å². The SMILES string of the molecule is Nc1ccc(NCCC[C@H](Nc2ccc(CCc3cnc4nc(N)nc(N)c4n3)cc2O)C(=O)O)c(-c2nnn[nH]2)c1. The maximum atomic E-state index is 11.9. The van der Waals surface area contributed by atoms with Gasteiger partial charge in [0.25, 0.3) is 0 Å². The average Bonchev–Trinajstić information content (AvgIpc) is 3.50. The van der Waals surface area contributed by atoms with Crippen molar-refractivity contribution >= 4 is 46.0 Å². The van der Waals surface area contributed by atoms with Gasteiger partial charge in [-0.05, 0) is 72.0 Å². The number of carbonyl (C=O) groups is 1. The van der Waals surface area contributed by atoms with Crippen molar-refractivity contribution in [1.29, 1.82) is 0 Å². The Kier molecular flexibility index (Phi) is 8.03. The van der Waals surface area contributed by atoms with E-state index in [9.17, 15) is 15.0 Å². The summed E-state index contributed by atoms with van der Waals surface area (Å²) >= 11 is 0. The van der Waals surface area contributed by atoms with Gasteiger partial charge in [-0.1, -0.05) is 6.07 Å². The van der Waals surface area contributed by atoms with Gasteiger partial charge in [0.15, 0.2) is 22.8 Å². The lowest BCUT2D eigenvalue weighted by atomic mass is 10.1. The van der Waals surface area contributed by atoms with Crippen LogP contribution in [0.25, 0.3) is 22.6 Å². The van der Waals surface area contributed by atoms with E-state index in [-0.39, 0.29) is 17.5 Å². The Morgan fingerprint density at radius 1 is 1.02 bits per heavy atom. The summed E-state index contributed by atoms with van der Waals surface area (Å²) in [5.74, 6) is -0.436. The molecule has 0 fully saturated rings. The van der Waals surface area contributed by atoms with Crippen molar-refractivity contribution in [2.24, 2.45) is 0 Å². The zero-order chi connectivity index (χ0) is 29.6. The fraction of sp³-hybridized carbons (Fsp3) is 0.231. The molecular formula is C26H29N13O3. The number of anilines is 5. The molecule has 0 spiro atoms. The van der Waals surface area contributed by atoms with Crippen LogP contribution in [0.3, 0.4) is 0 Å². The molecule has 0 aliphatic heterocycles. The van der Waals surface area contributed by atoms with Gasteiger partial charge in [0, 0.05) is 23.5 Å². The number of nitrogens with zero attached hydrogens (tertiary/aromatic N) is 7. The minimum absolute atomic E-state index is 0.0295. The summed E-state index contributed by atoms with van der Waals surface area (Å²) in [6.07, 6.45) is 3.49. The van der Waals surface area contributed by atoms with Gasteiger partial charge in [-0.15, -0.1) is 5.10 Å². The monoisotopic (exact) mass is 571 g/mol. The summed E-state index contributed by atoms with van der Waals surface area (Å²) in [5, 5.41) is 40.4. The molecule has 0 bridgehead atoms. The van der Waals surface area contributed by atoms with Crippen molar-refractivity contribution in [3.05, 3.63) is 53.9 Å². The van der Waals surface area contributed by atoms with Crippen LogP contribution in [0, 0.1) is 0 Å². The van der Waals surface area contributed by atoms with Crippen LogP contribution >= 0.6 is 0 Å². The van der Waals surface area contributed by atoms with Crippen molar-refractivity contribution < 1.29 is 15.0 Å². The quantitative estimate of drug-likeness (QED) is 0.0600. The fourth-order valence-corrected chi connectivity index (χ4v) is 4.39. The first-order chi connectivity index (χ1) is 20.3. The van der Waals surface area contributed by atoms with Crippen LogP contribution in [0.15, 0.2) is 42.6 Å². The number of hydrogen-bond donors (Lipinski definition) is 8. The van der Waals surface area contributed by atoms with Crippen molar-refractivity contribution in [2.45, 2.75) is 31.7 Å². The number of aliphatic carboxylic acids is 1. The summed E-state index contributed by atoms with van der Waals surface area (Å²) in [5.41, 5.74) is 21.9. The van der Waals surface area contributed by atoms with Gasteiger partial charge < -0.3 is 38.0 Å². The molecule has 16 nitrogen and oxygen atoms in total. The fourth-order valence-electron chi connectivity index (χ4n) is 4.39. The molecule has 11 N–H and O–H groups in total. The molecule has 1 atom stereocenters. The molecule has 0 radical (unpaired) electrons. The van der Waals surface area contributed by atoms with Crippen LogP contribution in [0.2, 0.25) is 0 Å². The molecule has 3 heterocycles. The number of nitrogens with two attached hydrogens (primary N) is 3. The lowest BCUT2D eigenvalue weighted by Crippen LogP contribution is -2.29. The van der Waals surface area contributed by atoms with Gasteiger partial charge in [-0.2, -0.15) is 9.97 Å². The van der Waals surface area contributed by atoms with E-state index in [0.717, 1.165) is 11.3 Å². The highest BCUT2D eigenvalue weighted by atomic mass is 16.4. The first kappa shape index (κ1) is 27.8. The Labute approximate surface area is 238 Å². The molecule has 2 aromatic carbocycles. The third kappa shape index (κ3) is 6.49. The Morgan fingerprint density at radius 2 is 1.86 bits per heavy atom. The van der Waals surface area contributed by atoms with E-state index in [2.05, 4.69) is 51.2 Å². The smallest absolute Gasteiger partial charge is 0.326 e. The number of aromatic amines is 1. The summed E-state index contributed by atoms with van der Waals surface area (Å²) in [6, 6.07) is 9.46. The van der Waals surface area contributed by atoms with E-state index in [0.29, 0.717) is 71.8 Å². The number of carboxylic acids is 1. The number of benzene rings is 2. The predicted molar refractivity (Wildman–Crippen MR) is 156 cm³/mol. The number of tetrazole rings is 1. The molecule has 0 aliphatic rings. The number of nitrogens with one attached hydrogen (secondary N) is 3. The van der Waals surface area contributed by atoms with Gasteiger partial charge >= 0.3 is 5.97 Å². The van der Waals surface area contributed by atoms with Gasteiger partial charge in [0.1, 0.15) is 11.8 Å². The lowest BCUT2D eigenvalue weighted by molar-refractivity contribution is -0.138. The first-order valence-electron chi connectivity index (χ1n) is 13.0. The van der Waals surface area contributed by atoms with Gasteiger partial charge in [0.05, 0.1) is 17.6 Å². The maximum Gasteiger partial charge on any atom is 0.326 e. The van der Waals surface area contributed by atoms with Crippen molar-refractivity contribution in [1.82, 2.24) is 40.6 Å². The molecular weight excluding hydrogens is 542 g/mol. The van der Waals surface area contributed by atoms with E-state index < -0.39 is 12.0 Å². The summed E-state index contributed by atoms with van der Waals surface area (Å²) in [4.78, 5) is 28.6. The molecule has 0 saturated carbocycles. The number of hydrogen-bond acceptors (Lipinski definition) is 14. The highest BCUT2D eigenvalue weighted by Crippen LogP contribution is 2.28. The number of nitrogen functional groups attached to an aromatic ring is 3. The largest absolute Gasteiger partial charge is 0.506 e. The number of rotatable bonds is 12. The van der Waals surface area contributed by atoms with Crippen molar-refractivity contribution in [3.63, 3.8) is 0 Å². The van der Waals surface area contributed by atoms with E-state index >= 15 is 0 Å². The normalized spacial score (nSPS) is 11.8. The van der Waals surface area contributed by atoms with Crippen LogP contribution in [-0.4, -0.2) is 69.3 Å². The second-order valence-electron chi connectivity index (χ2n) is 9.51. The number of phenols is 1. The highest BCUT2D eigenvalue weighted by molar-refractivity contribution is 5.82. The van der Waals surface area contributed by atoms with E-state index in [1.54, 1.807) is 30.5 Å². The third-order valence-corrected chi connectivity index (χ3v) is 6.49. The molecule has 5 rings (SSSR count). The topological polar surface area (TPSA) is 266 Å². The number of H-pyrrole nitrogens is 1. The Morgan fingerprint density at radius 3 is 2.62 bits per heavy atom. The Bertz CT molecular complexity index is 1710. The zero-order valence-electron chi connectivity index (χ0n) is 22.3. The predicted octanol–water partition coefficient (Wildman–Crippen LogP) is 1.59. The van der Waals surface area contributed by atoms with Gasteiger partial charge in [-0.25, -0.2) is 19.9 Å². The number of fused-ring (bicyclic) bond motifs is 1. The van der Waals surface area contributed by atoms with Gasteiger partial charge in [0.2, 0.25) is 5.95 Å². The summed E-state index contributed by atoms with van der Waals surface area (Å²) in [7, 11) is 0. The molecule has 3 aromatic heterocycles. The molecule has 0 unspecified atom stereocenters. The molecule has 16 heteroatoms. The van der Waals surface area contributed by atoms with Crippen LogP contribution in [0.1, 0.15) is 24.1 Å². The maximum absolute atomic E-state index is 11.9. The van der Waals surface area contributed by atoms with Crippen molar-refractivity contribution in [3.8, 4) is 17.1 Å². The molecule has 0 amide bonds. The summed E-state index contributed by atoms with van der Waals surface area (Å²) < 4.78 is 0. The lowest BCUT2D eigenvalue weighted by Gasteiger charge is -2.18. The van der Waals surface area contributed by atoms with E-state index in [1.165, 1.54) is 0 Å². The molecule has 216 valence electrons. The number of carboxylic acid groups (broad SMARTS) is 1. The molecule has 5 aromatic rings. The molecule has 42 heavy (non-hydrogen) atoms. The van der Waals surface area contributed by atoms with Crippen LogP contribution in [0.5, 0.6) is 5.75 Å². The number of aryl methyl sites for hydroxylation is 2. The second kappa shape index (κ2) is 12.2. The summed E-state index contributed by atoms with van der Waals surface area (Å²) in [6.45, 7) is 0.484. The van der Waals surface area contributed by atoms with Crippen LogP contribution < -0.4 is 27.8 Å². The number of aromatic nitrogens is 8. The minimum Gasteiger partial charge on any atom is -0.506 e. The molecule has 0 aliphatic carbocycles. The average molecular weight is 572 g/mol. The molecule has 0 saturated heterocycles. The number of aromatic hydroxyl groups is 1.